The molecule has 26 heavy (non-hydrogen) atoms. The van der Waals surface area contributed by atoms with E-state index in [1.54, 1.807) is 6.07 Å². The summed E-state index contributed by atoms with van der Waals surface area (Å²) in [5.74, 6) is -0.649. The number of halogens is 1. The van der Waals surface area contributed by atoms with Crippen LogP contribution in [0.2, 0.25) is 5.02 Å². The molecule has 1 aromatic carbocycles. The maximum absolute atomic E-state index is 12.2. The van der Waals surface area contributed by atoms with E-state index >= 15 is 0 Å². The van der Waals surface area contributed by atoms with Crippen LogP contribution in [-0.4, -0.2) is 35.7 Å². The fraction of sp³-hybridized carbons (Fsp3) is 0.375. The number of aliphatic imine (C=N–C) groups is 1. The molecule has 2 heterocycles. The van der Waals surface area contributed by atoms with Crippen LogP contribution in [0.4, 0.5) is 0 Å². The lowest BCUT2D eigenvalue weighted by molar-refractivity contribution is 0.0994. The Hall–Kier alpha value is -2.10. The zero-order chi connectivity index (χ0) is 19.5. The molecule has 3 rings (SSSR count). The first-order chi connectivity index (χ1) is 12.1. The minimum atomic E-state index is -3.67. The van der Waals surface area contributed by atoms with E-state index in [-0.39, 0.29) is 5.96 Å². The fourth-order valence-corrected chi connectivity index (χ4v) is 3.17. The molecule has 5 N–H and O–H groups in total. The van der Waals surface area contributed by atoms with E-state index in [1.807, 2.05) is 16.7 Å². The summed E-state index contributed by atoms with van der Waals surface area (Å²) >= 11 is 6.29. The van der Waals surface area contributed by atoms with Crippen LogP contribution in [0.25, 0.3) is 10.9 Å². The van der Waals surface area contributed by atoms with Crippen LogP contribution in [0, 0.1) is 0 Å². The quantitative estimate of drug-likeness (QED) is 0.379. The number of hydrogen-bond acceptors (Lipinski definition) is 3. The van der Waals surface area contributed by atoms with Crippen molar-refractivity contribution < 1.29 is 17.8 Å². The molecule has 8 nitrogen and oxygen atoms in total. The first-order valence-electron chi connectivity index (χ1n) is 7.95. The van der Waals surface area contributed by atoms with Crippen LogP contribution in [0.3, 0.4) is 0 Å². The van der Waals surface area contributed by atoms with Gasteiger partial charge in [0.2, 0.25) is 0 Å². The average molecular weight is 401 g/mol. The van der Waals surface area contributed by atoms with Crippen molar-refractivity contribution in [3.63, 3.8) is 0 Å². The van der Waals surface area contributed by atoms with Crippen molar-refractivity contribution in [2.75, 3.05) is 6.26 Å². The number of guanidine groups is 1. The third kappa shape index (κ3) is 5.20. The van der Waals surface area contributed by atoms with Gasteiger partial charge in [-0.3, -0.25) is 9.35 Å². The van der Waals surface area contributed by atoms with Gasteiger partial charge in [0.1, 0.15) is 5.69 Å². The molecule has 0 aliphatic carbocycles. The Morgan fingerprint density at radius 3 is 2.54 bits per heavy atom. The molecule has 10 heteroatoms. The molecular formula is C16H21ClN4O4S. The van der Waals surface area contributed by atoms with Crippen LogP contribution in [0.5, 0.6) is 0 Å². The van der Waals surface area contributed by atoms with Gasteiger partial charge in [-0.25, -0.2) is 0 Å². The van der Waals surface area contributed by atoms with E-state index in [2.05, 4.69) is 4.99 Å². The minimum absolute atomic E-state index is 0.227. The van der Waals surface area contributed by atoms with E-state index in [1.165, 1.54) is 5.56 Å². The van der Waals surface area contributed by atoms with Gasteiger partial charge in [-0.15, -0.1) is 0 Å². The van der Waals surface area contributed by atoms with Crippen LogP contribution >= 0.6 is 11.6 Å². The first kappa shape index (κ1) is 20.2. The lowest BCUT2D eigenvalue weighted by Gasteiger charge is -2.15. The van der Waals surface area contributed by atoms with E-state index in [0.29, 0.717) is 17.0 Å². The highest BCUT2D eigenvalue weighted by Gasteiger charge is 2.20. The van der Waals surface area contributed by atoms with Crippen LogP contribution in [0.1, 0.15) is 35.3 Å². The normalized spacial score (nSPS) is 14.0. The SMILES string of the molecule is CS(=O)(=O)O.NC(N)=NC(=O)c1cc2c(Cl)ccc3c2n1CCCCC3. The van der Waals surface area contributed by atoms with E-state index in [9.17, 15) is 13.2 Å². The van der Waals surface area contributed by atoms with Gasteiger partial charge in [0.15, 0.2) is 5.96 Å². The lowest BCUT2D eigenvalue weighted by atomic mass is 10.0. The molecule has 0 fully saturated rings. The van der Waals surface area contributed by atoms with Gasteiger partial charge >= 0.3 is 0 Å². The average Bonchev–Trinajstić information content (AvgIpc) is 2.84. The Morgan fingerprint density at radius 1 is 1.27 bits per heavy atom. The molecule has 0 saturated carbocycles. The lowest BCUT2D eigenvalue weighted by Crippen LogP contribution is -2.24. The standard InChI is InChI=1S/C15H17ClN4O.CH4O3S/c16-11-6-5-9-4-2-1-3-7-20-12(8-10(11)13(9)20)14(21)19-15(17)18;1-5(2,3)4/h5-6,8H,1-4,7H2,(H4,17,18,19,21);1H3,(H,2,3,4). The minimum Gasteiger partial charge on any atom is -0.370 e. The van der Waals surface area contributed by atoms with Crippen molar-refractivity contribution in [2.24, 2.45) is 16.5 Å². The summed E-state index contributed by atoms with van der Waals surface area (Å²) < 4.78 is 27.9. The fourth-order valence-electron chi connectivity index (χ4n) is 2.97. The summed E-state index contributed by atoms with van der Waals surface area (Å²) in [5.41, 5.74) is 13.4. The summed E-state index contributed by atoms with van der Waals surface area (Å²) in [5, 5.41) is 1.54. The number of carbonyl (C=O) groups excluding carboxylic acids is 1. The van der Waals surface area contributed by atoms with Crippen molar-refractivity contribution in [1.29, 1.82) is 0 Å². The topological polar surface area (TPSA) is 141 Å². The predicted octanol–water partition coefficient (Wildman–Crippen LogP) is 1.94. The molecule has 1 amide bonds. The Balaban J connectivity index is 0.000000431. The number of carbonyl (C=O) groups is 1. The zero-order valence-corrected chi connectivity index (χ0v) is 15.8. The van der Waals surface area contributed by atoms with Gasteiger partial charge in [0.25, 0.3) is 16.0 Å². The van der Waals surface area contributed by atoms with Crippen molar-refractivity contribution >= 4 is 44.5 Å². The van der Waals surface area contributed by atoms with Gasteiger partial charge in [0.05, 0.1) is 11.8 Å². The number of nitrogens with zero attached hydrogens (tertiary/aromatic N) is 2. The number of benzene rings is 1. The molecule has 0 unspecified atom stereocenters. The second-order valence-corrected chi connectivity index (χ2v) is 7.91. The first-order valence-corrected chi connectivity index (χ1v) is 10.2. The highest BCUT2D eigenvalue weighted by atomic mass is 35.5. The molecule has 1 aromatic heterocycles. The van der Waals surface area contributed by atoms with Gasteiger partial charge in [-0.1, -0.05) is 24.1 Å². The van der Waals surface area contributed by atoms with Crippen LogP contribution < -0.4 is 11.5 Å². The van der Waals surface area contributed by atoms with E-state index < -0.39 is 16.0 Å². The molecule has 1 aliphatic heterocycles. The van der Waals surface area contributed by atoms with Crippen LogP contribution in [0.15, 0.2) is 23.2 Å². The highest BCUT2D eigenvalue weighted by Crippen LogP contribution is 2.32. The van der Waals surface area contributed by atoms with E-state index in [4.69, 9.17) is 27.6 Å². The van der Waals surface area contributed by atoms with Crippen LogP contribution in [-0.2, 0) is 23.1 Å². The number of nitrogens with two attached hydrogens (primary N) is 2. The smallest absolute Gasteiger partial charge is 0.296 e. The predicted molar refractivity (Wildman–Crippen MR) is 102 cm³/mol. The van der Waals surface area contributed by atoms with Crippen molar-refractivity contribution in [1.82, 2.24) is 4.57 Å². The molecule has 2 aromatic rings. The Labute approximate surface area is 156 Å². The number of aromatic nitrogens is 1. The molecule has 0 saturated heterocycles. The van der Waals surface area contributed by atoms with Gasteiger partial charge < -0.3 is 16.0 Å². The molecule has 0 atom stereocenters. The summed E-state index contributed by atoms with van der Waals surface area (Å²) in [4.78, 5) is 15.9. The zero-order valence-electron chi connectivity index (χ0n) is 14.3. The highest BCUT2D eigenvalue weighted by molar-refractivity contribution is 7.85. The van der Waals surface area contributed by atoms with Gasteiger partial charge in [-0.05, 0) is 37.0 Å². The second kappa shape index (κ2) is 8.07. The monoisotopic (exact) mass is 400 g/mol. The summed E-state index contributed by atoms with van der Waals surface area (Å²) in [6.07, 6.45) is 5.02. The van der Waals surface area contributed by atoms with Gasteiger partial charge in [0, 0.05) is 17.0 Å². The maximum Gasteiger partial charge on any atom is 0.296 e. The maximum atomic E-state index is 12.2. The van der Waals surface area contributed by atoms with Gasteiger partial charge in [-0.2, -0.15) is 13.4 Å². The van der Waals surface area contributed by atoms with Crippen molar-refractivity contribution in [3.8, 4) is 0 Å². The number of rotatable bonds is 1. The Morgan fingerprint density at radius 2 is 1.92 bits per heavy atom. The molecule has 142 valence electrons. The summed E-state index contributed by atoms with van der Waals surface area (Å²) in [7, 11) is -3.67. The largest absolute Gasteiger partial charge is 0.370 e. The molecule has 0 spiro atoms. The summed E-state index contributed by atoms with van der Waals surface area (Å²) in [6, 6.07) is 5.72. The number of aryl methyl sites for hydroxylation is 2. The molecule has 0 radical (unpaired) electrons. The molecular weight excluding hydrogens is 380 g/mol. The van der Waals surface area contributed by atoms with E-state index in [0.717, 1.165) is 43.1 Å². The third-order valence-electron chi connectivity index (χ3n) is 3.87. The third-order valence-corrected chi connectivity index (χ3v) is 4.20. The molecule has 1 aliphatic rings. The summed E-state index contributed by atoms with van der Waals surface area (Å²) in [6.45, 7) is 0.776. The molecule has 0 bridgehead atoms. The number of amides is 1. The number of hydrogen-bond donors (Lipinski definition) is 3. The Kier molecular flexibility index (Phi) is 6.27. The van der Waals surface area contributed by atoms with Crippen molar-refractivity contribution in [3.05, 3.63) is 34.5 Å². The second-order valence-electron chi connectivity index (χ2n) is 6.04. The Bertz CT molecular complexity index is 954. The van der Waals surface area contributed by atoms with Crippen molar-refractivity contribution in [2.45, 2.75) is 32.2 Å².